The van der Waals surface area contributed by atoms with E-state index >= 15 is 4.39 Å². The Hall–Kier alpha value is -3.85. The molecule has 1 aromatic heterocycles. The molecule has 42 heavy (non-hydrogen) atoms. The molecule has 0 saturated carbocycles. The monoisotopic (exact) mass is 599 g/mol. The van der Waals surface area contributed by atoms with Crippen LogP contribution in [0.5, 0.6) is 0 Å². The smallest absolute Gasteiger partial charge is 0.308 e. The van der Waals surface area contributed by atoms with Gasteiger partial charge in [-0.25, -0.2) is 9.37 Å². The Morgan fingerprint density at radius 2 is 1.64 bits per heavy atom. The lowest BCUT2D eigenvalue weighted by Gasteiger charge is -2.25. The normalized spacial score (nSPS) is 12.5. The quantitative estimate of drug-likeness (QED) is 0.140. The zero-order valence-electron chi connectivity index (χ0n) is 24.6. The molecule has 0 spiro atoms. The molecule has 0 saturated heterocycles. The highest BCUT2D eigenvalue weighted by Crippen LogP contribution is 2.35. The van der Waals surface area contributed by atoms with Crippen LogP contribution >= 0.6 is 11.6 Å². The van der Waals surface area contributed by atoms with Gasteiger partial charge in [0.25, 0.3) is 0 Å². The van der Waals surface area contributed by atoms with E-state index in [1.54, 1.807) is 26.0 Å². The number of pyridine rings is 1. The second-order valence-corrected chi connectivity index (χ2v) is 11.1. The van der Waals surface area contributed by atoms with E-state index in [1.165, 1.54) is 12.1 Å². The summed E-state index contributed by atoms with van der Waals surface area (Å²) >= 11 is 6.23. The predicted molar refractivity (Wildman–Crippen MR) is 159 cm³/mol. The highest BCUT2D eigenvalue weighted by Gasteiger charge is 2.32. The fourth-order valence-corrected chi connectivity index (χ4v) is 5.28. The number of anilines is 1. The fraction of sp³-hybridized carbons (Fsp3) is 0.375. The highest BCUT2D eigenvalue weighted by molar-refractivity contribution is 6.30. The van der Waals surface area contributed by atoms with Crippen LogP contribution in [-0.4, -0.2) is 29.4 Å². The Labute approximate surface area is 250 Å². The van der Waals surface area contributed by atoms with Crippen LogP contribution in [0, 0.1) is 44.4 Å². The van der Waals surface area contributed by atoms with Gasteiger partial charge in [-0.3, -0.25) is 14.4 Å². The highest BCUT2D eigenvalue weighted by atomic mass is 35.5. The van der Waals surface area contributed by atoms with Crippen LogP contribution in [-0.2, 0) is 19.1 Å². The summed E-state index contributed by atoms with van der Waals surface area (Å²) in [6, 6.07) is 9.69. The molecule has 224 valence electrons. The molecule has 3 aromatic rings. The van der Waals surface area contributed by atoms with Gasteiger partial charge in [0.2, 0.25) is 17.8 Å². The SMILES string of the molecule is CCOC(=O)C[C@H](NC(=O)[C@H](CC(C)C)C(=O)Nc1cccc(F)n1)c1cc(-c2c(C)cc(Cl)cc2C)cc(C)c1F. The third kappa shape index (κ3) is 8.35. The topological polar surface area (TPSA) is 97.4 Å². The summed E-state index contributed by atoms with van der Waals surface area (Å²) in [6.07, 6.45) is -0.219. The van der Waals surface area contributed by atoms with Crippen LogP contribution in [0.2, 0.25) is 5.02 Å². The summed E-state index contributed by atoms with van der Waals surface area (Å²) < 4.78 is 34.5. The van der Waals surface area contributed by atoms with Crippen molar-refractivity contribution in [1.82, 2.24) is 10.3 Å². The number of amides is 2. The maximum atomic E-state index is 15.7. The third-order valence-electron chi connectivity index (χ3n) is 6.74. The summed E-state index contributed by atoms with van der Waals surface area (Å²) in [5, 5.41) is 5.79. The van der Waals surface area contributed by atoms with Crippen molar-refractivity contribution in [1.29, 1.82) is 0 Å². The Morgan fingerprint density at radius 1 is 0.976 bits per heavy atom. The average molecular weight is 600 g/mol. The number of benzene rings is 2. The second-order valence-electron chi connectivity index (χ2n) is 10.7. The molecule has 0 aliphatic rings. The molecule has 2 aromatic carbocycles. The van der Waals surface area contributed by atoms with Gasteiger partial charge in [-0.2, -0.15) is 4.39 Å². The number of ether oxygens (including phenoxy) is 1. The lowest BCUT2D eigenvalue weighted by Crippen LogP contribution is -2.41. The van der Waals surface area contributed by atoms with E-state index in [-0.39, 0.29) is 36.7 Å². The Kier molecular flexibility index (Phi) is 11.2. The van der Waals surface area contributed by atoms with Gasteiger partial charge in [0.1, 0.15) is 17.6 Å². The molecule has 0 fully saturated rings. The van der Waals surface area contributed by atoms with Gasteiger partial charge < -0.3 is 15.4 Å². The largest absolute Gasteiger partial charge is 0.466 e. The van der Waals surface area contributed by atoms with Crippen molar-refractivity contribution < 1.29 is 27.9 Å². The van der Waals surface area contributed by atoms with Gasteiger partial charge in [-0.1, -0.05) is 31.5 Å². The molecule has 0 aliphatic carbocycles. The summed E-state index contributed by atoms with van der Waals surface area (Å²) in [5.74, 6) is -4.79. The zero-order chi connectivity index (χ0) is 31.1. The van der Waals surface area contributed by atoms with Crippen LogP contribution < -0.4 is 10.6 Å². The van der Waals surface area contributed by atoms with Crippen LogP contribution in [0.4, 0.5) is 14.6 Å². The minimum Gasteiger partial charge on any atom is -0.466 e. The van der Waals surface area contributed by atoms with E-state index in [1.807, 2.05) is 39.8 Å². The molecule has 10 heteroatoms. The molecule has 0 radical (unpaired) electrons. The number of aromatic nitrogens is 1. The van der Waals surface area contributed by atoms with E-state index in [9.17, 15) is 18.8 Å². The fourth-order valence-electron chi connectivity index (χ4n) is 4.95. The average Bonchev–Trinajstić information content (AvgIpc) is 2.88. The first-order chi connectivity index (χ1) is 19.8. The van der Waals surface area contributed by atoms with Crippen molar-refractivity contribution >= 4 is 35.2 Å². The van der Waals surface area contributed by atoms with Crippen LogP contribution in [0.15, 0.2) is 42.5 Å². The van der Waals surface area contributed by atoms with Gasteiger partial charge in [-0.05, 0) is 104 Å². The number of esters is 1. The summed E-state index contributed by atoms with van der Waals surface area (Å²) in [4.78, 5) is 43.1. The first-order valence-corrected chi connectivity index (χ1v) is 14.1. The van der Waals surface area contributed by atoms with E-state index in [0.29, 0.717) is 16.1 Å². The molecule has 1 heterocycles. The van der Waals surface area contributed by atoms with Gasteiger partial charge in [-0.15, -0.1) is 0 Å². The number of nitrogens with zero attached hydrogens (tertiary/aromatic N) is 1. The van der Waals surface area contributed by atoms with Crippen molar-refractivity contribution in [2.24, 2.45) is 11.8 Å². The molecule has 2 N–H and O–H groups in total. The van der Waals surface area contributed by atoms with Crippen molar-refractivity contribution in [3.05, 3.63) is 81.5 Å². The van der Waals surface area contributed by atoms with Crippen LogP contribution in [0.1, 0.15) is 61.9 Å². The van der Waals surface area contributed by atoms with Crippen molar-refractivity contribution in [2.75, 3.05) is 11.9 Å². The molecule has 2 amide bonds. The van der Waals surface area contributed by atoms with Crippen molar-refractivity contribution in [3.8, 4) is 11.1 Å². The minimum absolute atomic E-state index is 0.0484. The molecular formula is C32H36ClF2N3O4. The van der Waals surface area contributed by atoms with Gasteiger partial charge in [0, 0.05) is 10.6 Å². The van der Waals surface area contributed by atoms with Crippen molar-refractivity contribution in [2.45, 2.75) is 60.4 Å². The number of rotatable bonds is 11. The van der Waals surface area contributed by atoms with E-state index in [4.69, 9.17) is 16.3 Å². The zero-order valence-corrected chi connectivity index (χ0v) is 25.4. The second kappa shape index (κ2) is 14.4. The van der Waals surface area contributed by atoms with Gasteiger partial charge >= 0.3 is 5.97 Å². The Balaban J connectivity index is 2.04. The molecule has 2 atom stereocenters. The number of hydrogen-bond acceptors (Lipinski definition) is 5. The number of aryl methyl sites for hydroxylation is 3. The van der Waals surface area contributed by atoms with Crippen LogP contribution in [0.3, 0.4) is 0 Å². The number of carbonyl (C=O) groups excluding carboxylic acids is 3. The Bertz CT molecular complexity index is 1460. The first kappa shape index (κ1) is 32.7. The number of carbonyl (C=O) groups is 3. The lowest BCUT2D eigenvalue weighted by atomic mass is 9.90. The van der Waals surface area contributed by atoms with Crippen molar-refractivity contribution in [3.63, 3.8) is 0 Å². The number of hydrogen-bond donors (Lipinski definition) is 2. The minimum atomic E-state index is -1.23. The maximum Gasteiger partial charge on any atom is 0.308 e. The summed E-state index contributed by atoms with van der Waals surface area (Å²) in [5.41, 5.74) is 3.69. The lowest BCUT2D eigenvalue weighted by molar-refractivity contribution is -0.144. The summed E-state index contributed by atoms with van der Waals surface area (Å²) in [6.45, 7) is 10.8. The molecule has 0 bridgehead atoms. The predicted octanol–water partition coefficient (Wildman–Crippen LogP) is 7.02. The first-order valence-electron chi connectivity index (χ1n) is 13.8. The van der Waals surface area contributed by atoms with Gasteiger partial charge in [0.15, 0.2) is 0 Å². The van der Waals surface area contributed by atoms with Crippen LogP contribution in [0.25, 0.3) is 11.1 Å². The number of nitrogens with one attached hydrogen (secondary N) is 2. The van der Waals surface area contributed by atoms with E-state index < -0.39 is 41.5 Å². The van der Waals surface area contributed by atoms with E-state index in [2.05, 4.69) is 15.6 Å². The number of halogens is 3. The molecular weight excluding hydrogens is 564 g/mol. The maximum absolute atomic E-state index is 15.7. The molecule has 7 nitrogen and oxygen atoms in total. The molecule has 3 rings (SSSR count). The summed E-state index contributed by atoms with van der Waals surface area (Å²) in [7, 11) is 0. The van der Waals surface area contributed by atoms with E-state index in [0.717, 1.165) is 22.8 Å². The standard InChI is InChI=1S/C32H36ClF2N3O4/c1-7-42-28(39)16-25(23-15-21(12-20(6)30(23)35)29-18(4)13-22(33)14-19(29)5)36-31(40)24(11-17(2)3)32(41)38-27-10-8-9-26(34)37-27/h8-10,12-15,17,24-25H,7,11,16H2,1-6H3,(H,36,40)(H,37,38,41)/t24-,25-/m0/s1. The molecule has 0 aliphatic heterocycles. The molecule has 0 unspecified atom stereocenters. The third-order valence-corrected chi connectivity index (χ3v) is 6.96. The van der Waals surface area contributed by atoms with Gasteiger partial charge in [0.05, 0.1) is 19.1 Å². The Morgan fingerprint density at radius 3 is 2.24 bits per heavy atom.